The zero-order valence-electron chi connectivity index (χ0n) is 7.65. The first-order valence-corrected chi connectivity index (χ1v) is 4.12. The topological polar surface area (TPSA) is 30.7 Å². The van der Waals surface area contributed by atoms with E-state index in [-0.39, 0.29) is 0 Å². The van der Waals surface area contributed by atoms with Gasteiger partial charge in [0.05, 0.1) is 0 Å². The van der Waals surface area contributed by atoms with Crippen LogP contribution < -0.4 is 0 Å². The number of nitrogens with zero attached hydrogens (tertiary/aromatic N) is 3. The van der Waals surface area contributed by atoms with Crippen LogP contribution in [0.2, 0.25) is 0 Å². The minimum Gasteiger partial charge on any atom is -0.187 e. The number of fused-ring (bicyclic) bond motifs is 1. The highest BCUT2D eigenvalue weighted by molar-refractivity contribution is 5.72. The van der Waals surface area contributed by atoms with Crippen molar-refractivity contribution in [3.63, 3.8) is 0 Å². The molecule has 0 amide bonds. The molecule has 1 heterocycles. The molecule has 0 saturated heterocycles. The van der Waals surface area contributed by atoms with Gasteiger partial charge in [0.2, 0.25) is 0 Å². The fourth-order valence-corrected chi connectivity index (χ4v) is 0.967. The molecule has 0 radical (unpaired) electrons. The van der Waals surface area contributed by atoms with Crippen LogP contribution in [0.3, 0.4) is 0 Å². The third-order valence-electron chi connectivity index (χ3n) is 1.39. The van der Waals surface area contributed by atoms with Crippen LogP contribution >= 0.6 is 0 Å². The summed E-state index contributed by atoms with van der Waals surface area (Å²) in [6.45, 7) is 4.00. The van der Waals surface area contributed by atoms with Crippen molar-refractivity contribution < 1.29 is 0 Å². The predicted octanol–water partition coefficient (Wildman–Crippen LogP) is 1.99. The van der Waals surface area contributed by atoms with Gasteiger partial charge in [0, 0.05) is 7.05 Å². The van der Waals surface area contributed by atoms with Crippen molar-refractivity contribution >= 4 is 11.0 Å². The van der Waals surface area contributed by atoms with E-state index < -0.39 is 0 Å². The maximum atomic E-state index is 4.12. The molecular formula is C9H13N3. The fourth-order valence-electron chi connectivity index (χ4n) is 0.967. The van der Waals surface area contributed by atoms with Crippen LogP contribution in [0.5, 0.6) is 0 Å². The van der Waals surface area contributed by atoms with Gasteiger partial charge in [0.1, 0.15) is 11.0 Å². The van der Waals surface area contributed by atoms with E-state index in [0.29, 0.717) is 0 Å². The van der Waals surface area contributed by atoms with Crippen molar-refractivity contribution in [3.05, 3.63) is 24.3 Å². The first-order chi connectivity index (χ1) is 5.86. The van der Waals surface area contributed by atoms with E-state index in [1.807, 2.05) is 45.2 Å². The van der Waals surface area contributed by atoms with Crippen LogP contribution in [-0.4, -0.2) is 15.0 Å². The smallest absolute Gasteiger partial charge is 0.113 e. The standard InChI is InChI=1S/C7H7N3.C2H6/c1-10-8-6-4-2-3-5-7(6)9-10;1-2/h2-5H,1H3;1-2H3. The monoisotopic (exact) mass is 163 g/mol. The Balaban J connectivity index is 0.000000336. The van der Waals surface area contributed by atoms with Gasteiger partial charge < -0.3 is 0 Å². The first-order valence-electron chi connectivity index (χ1n) is 4.12. The Morgan fingerprint density at radius 1 is 1.00 bits per heavy atom. The Kier molecular flexibility index (Phi) is 2.80. The quantitative estimate of drug-likeness (QED) is 0.594. The molecular weight excluding hydrogens is 150 g/mol. The van der Waals surface area contributed by atoms with Crippen LogP contribution in [0, 0.1) is 0 Å². The maximum absolute atomic E-state index is 4.12. The van der Waals surface area contributed by atoms with Gasteiger partial charge in [-0.2, -0.15) is 15.0 Å². The Morgan fingerprint density at radius 3 is 1.83 bits per heavy atom. The molecule has 64 valence electrons. The Hall–Kier alpha value is -1.38. The summed E-state index contributed by atoms with van der Waals surface area (Å²) in [6.07, 6.45) is 0. The molecule has 0 aliphatic heterocycles. The zero-order chi connectivity index (χ0) is 8.97. The summed E-state index contributed by atoms with van der Waals surface area (Å²) in [6, 6.07) is 7.80. The summed E-state index contributed by atoms with van der Waals surface area (Å²) in [5, 5.41) is 8.24. The lowest BCUT2D eigenvalue weighted by molar-refractivity contribution is 0.665. The summed E-state index contributed by atoms with van der Waals surface area (Å²) < 4.78 is 0. The molecule has 0 aliphatic carbocycles. The Morgan fingerprint density at radius 2 is 1.42 bits per heavy atom. The lowest BCUT2D eigenvalue weighted by atomic mass is 10.3. The van der Waals surface area contributed by atoms with Gasteiger partial charge in [0.15, 0.2) is 0 Å². The molecule has 2 aromatic rings. The maximum Gasteiger partial charge on any atom is 0.113 e. The highest BCUT2D eigenvalue weighted by Crippen LogP contribution is 2.05. The SMILES string of the molecule is CC.Cn1nc2ccccc2n1. The lowest BCUT2D eigenvalue weighted by Crippen LogP contribution is -1.90. The van der Waals surface area contributed by atoms with Crippen LogP contribution in [0.1, 0.15) is 13.8 Å². The molecule has 1 aromatic carbocycles. The van der Waals surface area contributed by atoms with Crippen LogP contribution in [0.15, 0.2) is 24.3 Å². The number of hydrogen-bond acceptors (Lipinski definition) is 2. The minimum absolute atomic E-state index is 0.949. The van der Waals surface area contributed by atoms with E-state index in [1.54, 1.807) is 4.80 Å². The number of aryl methyl sites for hydroxylation is 1. The second-order valence-electron chi connectivity index (χ2n) is 2.18. The summed E-state index contributed by atoms with van der Waals surface area (Å²) in [4.78, 5) is 1.57. The van der Waals surface area contributed by atoms with Gasteiger partial charge in [-0.05, 0) is 12.1 Å². The summed E-state index contributed by atoms with van der Waals surface area (Å²) in [7, 11) is 1.82. The highest BCUT2D eigenvalue weighted by Gasteiger charge is 1.94. The molecule has 0 bridgehead atoms. The van der Waals surface area contributed by atoms with Gasteiger partial charge in [-0.15, -0.1) is 0 Å². The zero-order valence-corrected chi connectivity index (χ0v) is 7.65. The average molecular weight is 163 g/mol. The van der Waals surface area contributed by atoms with Gasteiger partial charge in [0.25, 0.3) is 0 Å². The van der Waals surface area contributed by atoms with E-state index in [0.717, 1.165) is 11.0 Å². The van der Waals surface area contributed by atoms with Gasteiger partial charge in [-0.25, -0.2) is 0 Å². The second kappa shape index (κ2) is 3.85. The molecule has 1 aromatic heterocycles. The summed E-state index contributed by atoms with van der Waals surface area (Å²) in [5.74, 6) is 0. The average Bonchev–Trinajstić information content (AvgIpc) is 2.48. The summed E-state index contributed by atoms with van der Waals surface area (Å²) in [5.41, 5.74) is 1.90. The van der Waals surface area contributed by atoms with E-state index >= 15 is 0 Å². The molecule has 0 aliphatic rings. The molecule has 0 N–H and O–H groups in total. The highest BCUT2D eigenvalue weighted by atomic mass is 15.4. The Bertz CT molecular complexity index is 318. The molecule has 12 heavy (non-hydrogen) atoms. The van der Waals surface area contributed by atoms with E-state index in [9.17, 15) is 0 Å². The van der Waals surface area contributed by atoms with Crippen LogP contribution in [0.25, 0.3) is 11.0 Å². The molecule has 2 rings (SSSR count). The predicted molar refractivity (Wildman–Crippen MR) is 49.9 cm³/mol. The van der Waals surface area contributed by atoms with Crippen LogP contribution in [-0.2, 0) is 7.05 Å². The van der Waals surface area contributed by atoms with E-state index in [4.69, 9.17) is 0 Å². The number of rotatable bonds is 0. The number of aromatic nitrogens is 3. The second-order valence-corrected chi connectivity index (χ2v) is 2.18. The molecule has 0 spiro atoms. The molecule has 0 saturated carbocycles. The third kappa shape index (κ3) is 1.61. The molecule has 0 unspecified atom stereocenters. The van der Waals surface area contributed by atoms with Crippen LogP contribution in [0.4, 0.5) is 0 Å². The Labute approximate surface area is 72.0 Å². The molecule has 3 nitrogen and oxygen atoms in total. The third-order valence-corrected chi connectivity index (χ3v) is 1.39. The van der Waals surface area contributed by atoms with E-state index in [1.165, 1.54) is 0 Å². The number of benzene rings is 1. The summed E-state index contributed by atoms with van der Waals surface area (Å²) >= 11 is 0. The van der Waals surface area contributed by atoms with Gasteiger partial charge >= 0.3 is 0 Å². The molecule has 3 heteroatoms. The fraction of sp³-hybridized carbons (Fsp3) is 0.333. The molecule has 0 atom stereocenters. The van der Waals surface area contributed by atoms with Gasteiger partial charge in [-0.1, -0.05) is 26.0 Å². The number of hydrogen-bond donors (Lipinski definition) is 0. The van der Waals surface area contributed by atoms with Crippen molar-refractivity contribution in [2.24, 2.45) is 7.05 Å². The van der Waals surface area contributed by atoms with Gasteiger partial charge in [-0.3, -0.25) is 0 Å². The normalized spacial score (nSPS) is 9.25. The van der Waals surface area contributed by atoms with Crippen molar-refractivity contribution in [3.8, 4) is 0 Å². The largest absolute Gasteiger partial charge is 0.187 e. The van der Waals surface area contributed by atoms with Crippen molar-refractivity contribution in [2.75, 3.05) is 0 Å². The van der Waals surface area contributed by atoms with E-state index in [2.05, 4.69) is 10.2 Å². The first kappa shape index (κ1) is 8.71. The van der Waals surface area contributed by atoms with Crippen molar-refractivity contribution in [1.82, 2.24) is 15.0 Å². The minimum atomic E-state index is 0.949. The lowest BCUT2D eigenvalue weighted by Gasteiger charge is -1.78. The molecule has 0 fully saturated rings. The van der Waals surface area contributed by atoms with Crippen molar-refractivity contribution in [2.45, 2.75) is 13.8 Å². The van der Waals surface area contributed by atoms with Crippen molar-refractivity contribution in [1.29, 1.82) is 0 Å².